The van der Waals surface area contributed by atoms with E-state index >= 15 is 0 Å². The molecule has 8 heteroatoms. The highest BCUT2D eigenvalue weighted by molar-refractivity contribution is 7.92. The third-order valence-electron chi connectivity index (χ3n) is 2.73. The lowest BCUT2D eigenvalue weighted by molar-refractivity contribution is 0.0698. The number of aryl methyl sites for hydroxylation is 1. The molecule has 0 unspecified atom stereocenters. The first kappa shape index (κ1) is 14.9. The largest absolute Gasteiger partial charge is 0.478 e. The molecule has 0 saturated carbocycles. The number of rotatable bonds is 4. The summed E-state index contributed by atoms with van der Waals surface area (Å²) in [7, 11) is -4.13. The number of aromatic nitrogens is 1. The van der Waals surface area contributed by atoms with Crippen molar-refractivity contribution in [3.63, 3.8) is 0 Å². The zero-order valence-electron chi connectivity index (χ0n) is 10.9. The number of pyridine rings is 1. The van der Waals surface area contributed by atoms with Crippen LogP contribution in [0.2, 0.25) is 0 Å². The van der Waals surface area contributed by atoms with E-state index in [1.807, 2.05) is 0 Å². The Morgan fingerprint density at radius 2 is 2.05 bits per heavy atom. The number of hydrogen-bond donors (Lipinski definition) is 2. The van der Waals surface area contributed by atoms with Gasteiger partial charge in [0.2, 0.25) is 0 Å². The summed E-state index contributed by atoms with van der Waals surface area (Å²) in [6.45, 7) is 1.56. The predicted molar refractivity (Wildman–Crippen MR) is 73.1 cm³/mol. The molecule has 0 saturated heterocycles. The van der Waals surface area contributed by atoms with Crippen LogP contribution >= 0.6 is 0 Å². The van der Waals surface area contributed by atoms with Crippen molar-refractivity contribution in [3.05, 3.63) is 53.6 Å². The average molecular weight is 310 g/mol. The summed E-state index contributed by atoms with van der Waals surface area (Å²) in [5.41, 5.74) is 0.181. The summed E-state index contributed by atoms with van der Waals surface area (Å²) in [5.74, 6) is -2.07. The maximum absolute atomic E-state index is 13.1. The van der Waals surface area contributed by atoms with E-state index in [4.69, 9.17) is 5.11 Å². The fourth-order valence-electron chi connectivity index (χ4n) is 1.71. The first-order chi connectivity index (χ1) is 9.81. The minimum Gasteiger partial charge on any atom is -0.478 e. The van der Waals surface area contributed by atoms with Crippen LogP contribution in [-0.2, 0) is 10.0 Å². The molecule has 6 nitrogen and oxygen atoms in total. The number of hydrogen-bond acceptors (Lipinski definition) is 4. The Bertz CT molecular complexity index is 806. The molecule has 2 aromatic rings. The molecule has 0 aliphatic heterocycles. The Kier molecular flexibility index (Phi) is 3.90. The lowest BCUT2D eigenvalue weighted by Gasteiger charge is -2.13. The fourth-order valence-corrected chi connectivity index (χ4v) is 2.84. The smallest absolute Gasteiger partial charge is 0.337 e. The van der Waals surface area contributed by atoms with E-state index in [0.29, 0.717) is 5.56 Å². The van der Waals surface area contributed by atoms with Crippen molar-refractivity contribution in [2.24, 2.45) is 0 Å². The van der Waals surface area contributed by atoms with Crippen LogP contribution in [0.3, 0.4) is 0 Å². The zero-order valence-corrected chi connectivity index (χ0v) is 11.7. The van der Waals surface area contributed by atoms with Crippen LogP contribution in [0.25, 0.3) is 0 Å². The summed E-state index contributed by atoms with van der Waals surface area (Å²) in [4.78, 5) is 14.2. The van der Waals surface area contributed by atoms with Crippen LogP contribution in [-0.4, -0.2) is 24.5 Å². The predicted octanol–water partition coefficient (Wildman–Crippen LogP) is 2.03. The third kappa shape index (κ3) is 3.16. The number of carboxylic acid groups (broad SMARTS) is 1. The molecule has 0 bridgehead atoms. The topological polar surface area (TPSA) is 96.4 Å². The van der Waals surface area contributed by atoms with E-state index in [1.54, 1.807) is 13.0 Å². The lowest BCUT2D eigenvalue weighted by atomic mass is 10.1. The molecule has 2 N–H and O–H groups in total. The van der Waals surface area contributed by atoms with Gasteiger partial charge < -0.3 is 5.11 Å². The molecule has 110 valence electrons. The first-order valence-corrected chi connectivity index (χ1v) is 7.26. The van der Waals surface area contributed by atoms with E-state index in [0.717, 1.165) is 18.5 Å². The zero-order chi connectivity index (χ0) is 15.6. The Balaban J connectivity index is 2.49. The molecule has 1 heterocycles. The van der Waals surface area contributed by atoms with Crippen molar-refractivity contribution in [2.45, 2.75) is 11.8 Å². The van der Waals surface area contributed by atoms with Crippen LogP contribution in [0, 0.1) is 12.7 Å². The van der Waals surface area contributed by atoms with Gasteiger partial charge in [0.05, 0.1) is 17.4 Å². The first-order valence-electron chi connectivity index (χ1n) is 5.77. The fraction of sp³-hybridized carbons (Fsp3) is 0.0769. The maximum Gasteiger partial charge on any atom is 0.337 e. The minimum absolute atomic E-state index is 0.0609. The summed E-state index contributed by atoms with van der Waals surface area (Å²) >= 11 is 0. The third-order valence-corrected chi connectivity index (χ3v) is 4.05. The molecule has 0 fully saturated rings. The molecule has 0 spiro atoms. The Hall–Kier alpha value is -2.48. The number of nitrogens with zero attached hydrogens (tertiary/aromatic N) is 1. The molecule has 2 rings (SSSR count). The quantitative estimate of drug-likeness (QED) is 0.900. The van der Waals surface area contributed by atoms with Crippen molar-refractivity contribution in [3.8, 4) is 0 Å². The molecule has 0 radical (unpaired) electrons. The van der Waals surface area contributed by atoms with Crippen LogP contribution in [0.5, 0.6) is 0 Å². The highest BCUT2D eigenvalue weighted by Crippen LogP contribution is 2.24. The second-order valence-corrected chi connectivity index (χ2v) is 5.93. The van der Waals surface area contributed by atoms with E-state index in [2.05, 4.69) is 9.71 Å². The molecule has 21 heavy (non-hydrogen) atoms. The van der Waals surface area contributed by atoms with Gasteiger partial charge in [-0.05, 0) is 24.6 Å². The van der Waals surface area contributed by atoms with E-state index in [-0.39, 0.29) is 16.1 Å². The van der Waals surface area contributed by atoms with Gasteiger partial charge in [0.1, 0.15) is 10.7 Å². The van der Waals surface area contributed by atoms with Crippen molar-refractivity contribution in [1.82, 2.24) is 4.98 Å². The number of halogens is 1. The van der Waals surface area contributed by atoms with Gasteiger partial charge in [0.25, 0.3) is 10.0 Å². The Morgan fingerprint density at radius 1 is 1.33 bits per heavy atom. The van der Waals surface area contributed by atoms with Gasteiger partial charge in [-0.25, -0.2) is 17.6 Å². The van der Waals surface area contributed by atoms with Crippen molar-refractivity contribution in [2.75, 3.05) is 4.72 Å². The Morgan fingerprint density at radius 3 is 2.67 bits per heavy atom. The summed E-state index contributed by atoms with van der Waals surface area (Å²) < 4.78 is 39.6. The van der Waals surface area contributed by atoms with Gasteiger partial charge >= 0.3 is 5.97 Å². The van der Waals surface area contributed by atoms with Crippen LogP contribution in [0.1, 0.15) is 15.9 Å². The summed E-state index contributed by atoms with van der Waals surface area (Å²) in [6, 6.07) is 5.14. The molecule has 0 amide bonds. The van der Waals surface area contributed by atoms with Crippen LogP contribution < -0.4 is 4.72 Å². The number of carboxylic acids is 1. The van der Waals surface area contributed by atoms with Gasteiger partial charge in [-0.3, -0.25) is 9.71 Å². The van der Waals surface area contributed by atoms with E-state index in [9.17, 15) is 17.6 Å². The molecule has 0 aliphatic carbocycles. The highest BCUT2D eigenvalue weighted by Gasteiger charge is 2.20. The molecular formula is C13H11FN2O4S. The normalized spacial score (nSPS) is 11.1. The summed E-state index contributed by atoms with van der Waals surface area (Å²) in [6.07, 6.45) is 1.85. The van der Waals surface area contributed by atoms with Crippen molar-refractivity contribution >= 4 is 21.7 Å². The number of anilines is 1. The number of nitrogens with one attached hydrogen (secondary N) is 1. The highest BCUT2D eigenvalue weighted by atomic mass is 32.2. The van der Waals surface area contributed by atoms with Crippen LogP contribution in [0.4, 0.5) is 10.1 Å². The van der Waals surface area contributed by atoms with E-state index in [1.165, 1.54) is 12.1 Å². The molecule has 0 aliphatic rings. The summed E-state index contributed by atoms with van der Waals surface area (Å²) in [5, 5.41) is 9.09. The average Bonchev–Trinajstić information content (AvgIpc) is 2.40. The van der Waals surface area contributed by atoms with Crippen molar-refractivity contribution in [1.29, 1.82) is 0 Å². The number of para-hydroxylation sites is 1. The van der Waals surface area contributed by atoms with Gasteiger partial charge in [0.15, 0.2) is 0 Å². The second kappa shape index (κ2) is 5.49. The van der Waals surface area contributed by atoms with E-state index < -0.39 is 21.8 Å². The number of benzene rings is 1. The van der Waals surface area contributed by atoms with Gasteiger partial charge in [-0.15, -0.1) is 0 Å². The standard InChI is InChI=1S/C13H11FN2O4S/c1-8-3-2-4-11(13(17)18)12(8)16-21(19,20)10-5-9(14)6-15-7-10/h2-7,16H,1H3,(H,17,18). The Labute approximate surface area is 120 Å². The molecule has 1 aromatic carbocycles. The molecule has 0 atom stereocenters. The number of sulfonamides is 1. The molecular weight excluding hydrogens is 299 g/mol. The van der Waals surface area contributed by atoms with Gasteiger partial charge in [0, 0.05) is 6.20 Å². The van der Waals surface area contributed by atoms with Crippen molar-refractivity contribution < 1.29 is 22.7 Å². The van der Waals surface area contributed by atoms with Gasteiger partial charge in [-0.2, -0.15) is 0 Å². The number of carbonyl (C=O) groups is 1. The minimum atomic E-state index is -4.13. The number of aromatic carboxylic acids is 1. The van der Waals surface area contributed by atoms with Crippen LogP contribution in [0.15, 0.2) is 41.6 Å². The molecule has 1 aromatic heterocycles. The lowest BCUT2D eigenvalue weighted by Crippen LogP contribution is -2.17. The SMILES string of the molecule is Cc1cccc(C(=O)O)c1NS(=O)(=O)c1cncc(F)c1. The van der Waals surface area contributed by atoms with Gasteiger partial charge in [-0.1, -0.05) is 12.1 Å². The monoisotopic (exact) mass is 310 g/mol. The maximum atomic E-state index is 13.1. The second-order valence-electron chi connectivity index (χ2n) is 4.25.